The molecule has 144 valence electrons. The molecule has 0 spiro atoms. The second-order valence-corrected chi connectivity index (χ2v) is 7.22. The van der Waals surface area contributed by atoms with Gasteiger partial charge < -0.3 is 15.4 Å². The second kappa shape index (κ2) is 9.55. The van der Waals surface area contributed by atoms with E-state index in [0.29, 0.717) is 44.7 Å². The number of piperidine rings is 1. The van der Waals surface area contributed by atoms with Gasteiger partial charge in [-0.3, -0.25) is 9.59 Å². The van der Waals surface area contributed by atoms with Gasteiger partial charge in [0.05, 0.1) is 6.61 Å². The Morgan fingerprint density at radius 3 is 2.42 bits per heavy atom. The van der Waals surface area contributed by atoms with E-state index in [0.717, 1.165) is 19.3 Å². The van der Waals surface area contributed by atoms with Crippen molar-refractivity contribution >= 4 is 11.8 Å². The van der Waals surface area contributed by atoms with Crippen LogP contribution < -0.4 is 10.5 Å². The van der Waals surface area contributed by atoms with Crippen LogP contribution >= 0.6 is 0 Å². The Morgan fingerprint density at radius 2 is 1.85 bits per heavy atom. The van der Waals surface area contributed by atoms with Crippen LogP contribution in [0.2, 0.25) is 0 Å². The second-order valence-electron chi connectivity index (χ2n) is 7.22. The van der Waals surface area contributed by atoms with E-state index in [-0.39, 0.29) is 29.5 Å². The van der Waals surface area contributed by atoms with Crippen molar-refractivity contribution in [2.75, 3.05) is 19.7 Å². The topological polar surface area (TPSA) is 72.6 Å². The maximum atomic E-state index is 13.0. The van der Waals surface area contributed by atoms with Crippen LogP contribution in [-0.2, 0) is 9.59 Å². The van der Waals surface area contributed by atoms with Crippen molar-refractivity contribution in [3.05, 3.63) is 30.1 Å². The average Bonchev–Trinajstić information content (AvgIpc) is 2.61. The molecule has 0 saturated carbocycles. The van der Waals surface area contributed by atoms with E-state index < -0.39 is 0 Å². The van der Waals surface area contributed by atoms with Gasteiger partial charge in [0.25, 0.3) is 0 Å². The summed E-state index contributed by atoms with van der Waals surface area (Å²) in [6.07, 6.45) is 5.25. The number of carbonyl (C=O) groups excluding carboxylic acids is 2. The van der Waals surface area contributed by atoms with Crippen LogP contribution in [0.5, 0.6) is 5.75 Å². The van der Waals surface area contributed by atoms with Crippen LogP contribution in [0.1, 0.15) is 51.9 Å². The molecule has 0 aliphatic carbocycles. The first-order valence-electron chi connectivity index (χ1n) is 9.38. The van der Waals surface area contributed by atoms with Crippen LogP contribution in [0, 0.1) is 11.2 Å². The fourth-order valence-corrected chi connectivity index (χ4v) is 3.42. The Bertz CT molecular complexity index is 596. The molecule has 6 heteroatoms. The standard InChI is InChI=1S/C20H29FN2O3/c1-2-3-4-5-19(25)23-12-10-20(11-13-23,14-18(22)24)15-26-17-8-6-16(21)7-9-17/h6-9H,2-5,10-15H2,1H3,(H2,22,24). The zero-order chi connectivity index (χ0) is 19.0. The zero-order valence-corrected chi connectivity index (χ0v) is 15.5. The Hall–Kier alpha value is -2.11. The van der Waals surface area contributed by atoms with Crippen molar-refractivity contribution in [3.63, 3.8) is 0 Å². The highest BCUT2D eigenvalue weighted by molar-refractivity contribution is 5.76. The number of nitrogens with zero attached hydrogens (tertiary/aromatic N) is 1. The summed E-state index contributed by atoms with van der Waals surface area (Å²) < 4.78 is 18.8. The molecule has 2 rings (SSSR count). The highest BCUT2D eigenvalue weighted by Crippen LogP contribution is 2.36. The van der Waals surface area contributed by atoms with Gasteiger partial charge >= 0.3 is 0 Å². The number of halogens is 1. The van der Waals surface area contributed by atoms with Crippen LogP contribution in [-0.4, -0.2) is 36.4 Å². The van der Waals surface area contributed by atoms with Gasteiger partial charge in [-0.1, -0.05) is 19.8 Å². The van der Waals surface area contributed by atoms with Crippen molar-refractivity contribution in [1.82, 2.24) is 4.90 Å². The lowest BCUT2D eigenvalue weighted by Gasteiger charge is -2.41. The maximum Gasteiger partial charge on any atom is 0.222 e. The average molecular weight is 364 g/mol. The number of benzene rings is 1. The van der Waals surface area contributed by atoms with Crippen LogP contribution in [0.25, 0.3) is 0 Å². The van der Waals surface area contributed by atoms with Crippen molar-refractivity contribution in [2.45, 2.75) is 51.9 Å². The highest BCUT2D eigenvalue weighted by Gasteiger charge is 2.38. The van der Waals surface area contributed by atoms with Crippen molar-refractivity contribution in [2.24, 2.45) is 11.1 Å². The van der Waals surface area contributed by atoms with E-state index in [1.807, 2.05) is 4.90 Å². The van der Waals surface area contributed by atoms with Crippen molar-refractivity contribution in [3.8, 4) is 5.75 Å². The highest BCUT2D eigenvalue weighted by atomic mass is 19.1. The largest absolute Gasteiger partial charge is 0.493 e. The minimum atomic E-state index is -0.375. The fraction of sp³-hybridized carbons (Fsp3) is 0.600. The molecule has 1 fully saturated rings. The molecule has 0 atom stereocenters. The molecule has 0 bridgehead atoms. The summed E-state index contributed by atoms with van der Waals surface area (Å²) in [4.78, 5) is 25.7. The molecular formula is C20H29FN2O3. The summed E-state index contributed by atoms with van der Waals surface area (Å²) in [5, 5.41) is 0. The van der Waals surface area contributed by atoms with E-state index in [9.17, 15) is 14.0 Å². The summed E-state index contributed by atoms with van der Waals surface area (Å²) in [7, 11) is 0. The summed E-state index contributed by atoms with van der Waals surface area (Å²) in [5.41, 5.74) is 5.07. The van der Waals surface area contributed by atoms with E-state index in [1.165, 1.54) is 12.1 Å². The van der Waals surface area contributed by atoms with E-state index in [4.69, 9.17) is 10.5 Å². The number of nitrogens with two attached hydrogens (primary N) is 1. The summed E-state index contributed by atoms with van der Waals surface area (Å²) in [5.74, 6) is 0.0633. The third kappa shape index (κ3) is 6.00. The maximum absolute atomic E-state index is 13.0. The Morgan fingerprint density at radius 1 is 1.19 bits per heavy atom. The zero-order valence-electron chi connectivity index (χ0n) is 15.5. The lowest BCUT2D eigenvalue weighted by atomic mass is 9.76. The molecule has 1 saturated heterocycles. The first kappa shape index (κ1) is 20.2. The number of amides is 2. The summed E-state index contributed by atoms with van der Waals surface area (Å²) in [6.45, 7) is 3.68. The molecule has 0 unspecified atom stereocenters. The number of ether oxygens (including phenoxy) is 1. The Balaban J connectivity index is 1.92. The molecule has 0 aromatic heterocycles. The van der Waals surface area contributed by atoms with Gasteiger partial charge in [0, 0.05) is 31.3 Å². The van der Waals surface area contributed by atoms with Gasteiger partial charge in [-0.05, 0) is 43.5 Å². The molecule has 2 amide bonds. The predicted octanol–water partition coefficient (Wildman–Crippen LogP) is 3.27. The van der Waals surface area contributed by atoms with Crippen molar-refractivity contribution < 1.29 is 18.7 Å². The smallest absolute Gasteiger partial charge is 0.222 e. The minimum absolute atomic E-state index is 0.186. The molecular weight excluding hydrogens is 335 g/mol. The molecule has 26 heavy (non-hydrogen) atoms. The molecule has 1 aromatic carbocycles. The third-order valence-electron chi connectivity index (χ3n) is 5.08. The van der Waals surface area contributed by atoms with E-state index in [2.05, 4.69) is 6.92 Å². The number of likely N-dealkylation sites (tertiary alicyclic amines) is 1. The van der Waals surface area contributed by atoms with Gasteiger partial charge in [0.2, 0.25) is 11.8 Å². The molecule has 1 aliphatic rings. The number of primary amides is 1. The van der Waals surface area contributed by atoms with Crippen LogP contribution in [0.4, 0.5) is 4.39 Å². The molecule has 5 nitrogen and oxygen atoms in total. The monoisotopic (exact) mass is 364 g/mol. The van der Waals surface area contributed by atoms with Gasteiger partial charge in [0.15, 0.2) is 0 Å². The van der Waals surface area contributed by atoms with E-state index >= 15 is 0 Å². The number of carbonyl (C=O) groups is 2. The summed E-state index contributed by atoms with van der Waals surface area (Å²) in [6, 6.07) is 5.82. The van der Waals surface area contributed by atoms with Gasteiger partial charge in [-0.2, -0.15) is 0 Å². The van der Waals surface area contributed by atoms with Crippen LogP contribution in [0.3, 0.4) is 0 Å². The number of hydrogen-bond acceptors (Lipinski definition) is 3. The first-order chi connectivity index (χ1) is 12.4. The fourth-order valence-electron chi connectivity index (χ4n) is 3.42. The van der Waals surface area contributed by atoms with E-state index in [1.54, 1.807) is 12.1 Å². The SMILES string of the molecule is CCCCCC(=O)N1CCC(COc2ccc(F)cc2)(CC(N)=O)CC1. The minimum Gasteiger partial charge on any atom is -0.493 e. The molecule has 1 aromatic rings. The van der Waals surface area contributed by atoms with Gasteiger partial charge in [0.1, 0.15) is 11.6 Å². The van der Waals surface area contributed by atoms with Crippen LogP contribution in [0.15, 0.2) is 24.3 Å². The molecule has 1 aliphatic heterocycles. The number of hydrogen-bond donors (Lipinski definition) is 1. The molecule has 2 N–H and O–H groups in total. The molecule has 0 radical (unpaired) electrons. The predicted molar refractivity (Wildman–Crippen MR) is 98.1 cm³/mol. The lowest BCUT2D eigenvalue weighted by molar-refractivity contribution is -0.134. The van der Waals surface area contributed by atoms with Gasteiger partial charge in [-0.25, -0.2) is 4.39 Å². The number of rotatable bonds is 9. The third-order valence-corrected chi connectivity index (χ3v) is 5.08. The van der Waals surface area contributed by atoms with Gasteiger partial charge in [-0.15, -0.1) is 0 Å². The quantitative estimate of drug-likeness (QED) is 0.684. The normalized spacial score (nSPS) is 16.3. The molecule has 1 heterocycles. The first-order valence-corrected chi connectivity index (χ1v) is 9.38. The Kier molecular flexibility index (Phi) is 7.42. The number of unbranched alkanes of at least 4 members (excludes halogenated alkanes) is 2. The summed E-state index contributed by atoms with van der Waals surface area (Å²) >= 11 is 0. The Labute approximate surface area is 154 Å². The lowest BCUT2D eigenvalue weighted by Crippen LogP contribution is -2.47. The van der Waals surface area contributed by atoms with Crippen molar-refractivity contribution in [1.29, 1.82) is 0 Å².